The fourth-order valence-corrected chi connectivity index (χ4v) is 4.10. The molecule has 0 aliphatic carbocycles. The van der Waals surface area contributed by atoms with Crippen molar-refractivity contribution in [2.75, 3.05) is 19.6 Å². The molecule has 174 valence electrons. The SMILES string of the molecule is Cn1cc(CN2C[C@@H](OCc3ccncc3)CN(C(=O)c3cc4ccccc4o3)CC2=O)cn1. The molecule has 0 unspecified atom stereocenters. The smallest absolute Gasteiger partial charge is 0.290 e. The molecule has 1 saturated heterocycles. The van der Waals surface area contributed by atoms with Gasteiger partial charge in [-0.1, -0.05) is 18.2 Å². The second kappa shape index (κ2) is 9.48. The van der Waals surface area contributed by atoms with Crippen LogP contribution in [-0.4, -0.2) is 62.1 Å². The van der Waals surface area contributed by atoms with Crippen molar-refractivity contribution in [2.24, 2.45) is 7.05 Å². The number of ether oxygens (including phenoxy) is 1. The molecule has 4 heterocycles. The lowest BCUT2D eigenvalue weighted by Crippen LogP contribution is -2.39. The number of nitrogens with zero attached hydrogens (tertiary/aromatic N) is 5. The van der Waals surface area contributed by atoms with E-state index < -0.39 is 0 Å². The van der Waals surface area contributed by atoms with E-state index >= 15 is 0 Å². The maximum Gasteiger partial charge on any atom is 0.290 e. The lowest BCUT2D eigenvalue weighted by atomic mass is 10.2. The van der Waals surface area contributed by atoms with Crippen molar-refractivity contribution < 1.29 is 18.7 Å². The molecule has 0 saturated carbocycles. The zero-order valence-corrected chi connectivity index (χ0v) is 18.8. The van der Waals surface area contributed by atoms with E-state index in [9.17, 15) is 9.59 Å². The van der Waals surface area contributed by atoms with Crippen LogP contribution in [0.15, 0.2) is 71.7 Å². The molecule has 34 heavy (non-hydrogen) atoms. The number of rotatable bonds is 6. The van der Waals surface area contributed by atoms with Crippen LogP contribution < -0.4 is 0 Å². The van der Waals surface area contributed by atoms with Crippen molar-refractivity contribution in [1.29, 1.82) is 0 Å². The summed E-state index contributed by atoms with van der Waals surface area (Å²) < 4.78 is 13.7. The largest absolute Gasteiger partial charge is 0.451 e. The third-order valence-corrected chi connectivity index (χ3v) is 5.82. The summed E-state index contributed by atoms with van der Waals surface area (Å²) in [6, 6.07) is 12.9. The van der Waals surface area contributed by atoms with Gasteiger partial charge in [0.2, 0.25) is 5.91 Å². The van der Waals surface area contributed by atoms with Crippen LogP contribution in [0.3, 0.4) is 0 Å². The predicted octanol–water partition coefficient (Wildman–Crippen LogP) is 2.63. The number of benzene rings is 1. The summed E-state index contributed by atoms with van der Waals surface area (Å²) in [5.41, 5.74) is 2.52. The van der Waals surface area contributed by atoms with E-state index in [0.29, 0.717) is 25.3 Å². The zero-order chi connectivity index (χ0) is 23.5. The molecule has 1 fully saturated rings. The van der Waals surface area contributed by atoms with Gasteiger partial charge in [-0.3, -0.25) is 19.3 Å². The van der Waals surface area contributed by atoms with Gasteiger partial charge in [-0.15, -0.1) is 0 Å². The van der Waals surface area contributed by atoms with Gasteiger partial charge in [0.1, 0.15) is 12.1 Å². The fourth-order valence-electron chi connectivity index (χ4n) is 4.10. The Balaban J connectivity index is 1.37. The molecule has 5 rings (SSSR count). The summed E-state index contributed by atoms with van der Waals surface area (Å²) in [5.74, 6) is -0.267. The van der Waals surface area contributed by atoms with E-state index in [1.807, 2.05) is 49.6 Å². The van der Waals surface area contributed by atoms with Crippen LogP contribution in [0.25, 0.3) is 11.0 Å². The quantitative estimate of drug-likeness (QED) is 0.440. The Bertz CT molecular complexity index is 1270. The van der Waals surface area contributed by atoms with Gasteiger partial charge in [-0.2, -0.15) is 5.10 Å². The summed E-state index contributed by atoms with van der Waals surface area (Å²) in [6.07, 6.45) is 6.66. The van der Waals surface area contributed by atoms with Crippen LogP contribution in [0, 0.1) is 0 Å². The predicted molar refractivity (Wildman–Crippen MR) is 124 cm³/mol. The third-order valence-electron chi connectivity index (χ3n) is 5.82. The molecule has 9 nitrogen and oxygen atoms in total. The number of furan rings is 1. The van der Waals surface area contributed by atoms with Crippen molar-refractivity contribution in [3.63, 3.8) is 0 Å². The first-order valence-corrected chi connectivity index (χ1v) is 11.1. The normalized spacial score (nSPS) is 16.7. The molecule has 9 heteroatoms. The molecular formula is C25H25N5O4. The number of para-hydroxylation sites is 1. The van der Waals surface area contributed by atoms with Crippen molar-refractivity contribution in [2.45, 2.75) is 19.3 Å². The highest BCUT2D eigenvalue weighted by atomic mass is 16.5. The summed E-state index contributed by atoms with van der Waals surface area (Å²) in [4.78, 5) is 33.8. The number of hydrogen-bond donors (Lipinski definition) is 0. The second-order valence-electron chi connectivity index (χ2n) is 8.42. The number of amides is 2. The maximum absolute atomic E-state index is 13.3. The van der Waals surface area contributed by atoms with Crippen molar-refractivity contribution in [3.05, 3.63) is 84.1 Å². The summed E-state index contributed by atoms with van der Waals surface area (Å²) in [7, 11) is 1.84. The van der Waals surface area contributed by atoms with Gasteiger partial charge in [-0.05, 0) is 29.8 Å². The Morgan fingerprint density at radius 1 is 1.15 bits per heavy atom. The summed E-state index contributed by atoms with van der Waals surface area (Å²) in [6.45, 7) is 1.34. The zero-order valence-electron chi connectivity index (χ0n) is 18.8. The molecule has 1 aliphatic heterocycles. The van der Waals surface area contributed by atoms with Gasteiger partial charge in [-0.25, -0.2) is 0 Å². The molecule has 4 aromatic rings. The number of fused-ring (bicyclic) bond motifs is 1. The van der Waals surface area contributed by atoms with Crippen LogP contribution in [0.5, 0.6) is 0 Å². The number of hydrogen-bond acceptors (Lipinski definition) is 6. The van der Waals surface area contributed by atoms with Gasteiger partial charge in [0, 0.05) is 56.2 Å². The van der Waals surface area contributed by atoms with E-state index in [1.165, 1.54) is 4.90 Å². The summed E-state index contributed by atoms with van der Waals surface area (Å²) in [5, 5.41) is 5.04. The molecular weight excluding hydrogens is 434 g/mol. The molecule has 1 atom stereocenters. The van der Waals surface area contributed by atoms with Gasteiger partial charge >= 0.3 is 0 Å². The Hall–Kier alpha value is -3.98. The van der Waals surface area contributed by atoms with E-state index in [2.05, 4.69) is 10.1 Å². The maximum atomic E-state index is 13.3. The number of carbonyl (C=O) groups is 2. The number of carbonyl (C=O) groups excluding carboxylic acids is 2. The molecule has 0 bridgehead atoms. The van der Waals surface area contributed by atoms with Crippen LogP contribution in [-0.2, 0) is 29.7 Å². The molecule has 1 aromatic carbocycles. The van der Waals surface area contributed by atoms with Crippen molar-refractivity contribution in [3.8, 4) is 0 Å². The lowest BCUT2D eigenvalue weighted by Gasteiger charge is -2.24. The standard InChI is InChI=1S/C25H25N5O4/c1-28-12-19(11-27-28)13-29-14-21(33-17-18-6-8-26-9-7-18)15-30(16-24(29)31)25(32)23-10-20-4-2-3-5-22(20)34-23/h2-12,21H,13-17H2,1H3/t21-/m1/s1. The van der Waals surface area contributed by atoms with Crippen LogP contribution in [0.1, 0.15) is 21.7 Å². The average molecular weight is 460 g/mol. The highest BCUT2D eigenvalue weighted by molar-refractivity contribution is 5.98. The molecule has 2 amide bonds. The van der Waals surface area contributed by atoms with Crippen molar-refractivity contribution in [1.82, 2.24) is 24.6 Å². The minimum Gasteiger partial charge on any atom is -0.451 e. The van der Waals surface area contributed by atoms with E-state index in [4.69, 9.17) is 9.15 Å². The minimum atomic E-state index is -0.371. The highest BCUT2D eigenvalue weighted by Gasteiger charge is 2.32. The first-order chi connectivity index (χ1) is 16.5. The van der Waals surface area contributed by atoms with Gasteiger partial charge < -0.3 is 19.0 Å². The monoisotopic (exact) mass is 459 g/mol. The Labute approximate surface area is 196 Å². The van der Waals surface area contributed by atoms with Crippen molar-refractivity contribution >= 4 is 22.8 Å². The lowest BCUT2D eigenvalue weighted by molar-refractivity contribution is -0.132. The Morgan fingerprint density at radius 2 is 1.97 bits per heavy atom. The average Bonchev–Trinajstić information content (AvgIpc) is 3.43. The summed E-state index contributed by atoms with van der Waals surface area (Å²) >= 11 is 0. The molecule has 0 radical (unpaired) electrons. The highest BCUT2D eigenvalue weighted by Crippen LogP contribution is 2.22. The second-order valence-corrected chi connectivity index (χ2v) is 8.42. The van der Waals surface area contributed by atoms with Crippen LogP contribution >= 0.6 is 0 Å². The Kier molecular flexibility index (Phi) is 6.09. The molecule has 0 N–H and O–H groups in total. The molecule has 1 aliphatic rings. The minimum absolute atomic E-state index is 0.0503. The number of aromatic nitrogens is 3. The van der Waals surface area contributed by atoms with E-state index in [1.54, 1.807) is 34.2 Å². The molecule has 3 aromatic heterocycles. The van der Waals surface area contributed by atoms with Gasteiger partial charge in [0.25, 0.3) is 5.91 Å². The third kappa shape index (κ3) is 4.84. The van der Waals surface area contributed by atoms with Gasteiger partial charge in [0.05, 0.1) is 18.9 Å². The van der Waals surface area contributed by atoms with E-state index in [-0.39, 0.29) is 36.8 Å². The fraction of sp³-hybridized carbons (Fsp3) is 0.280. The Morgan fingerprint density at radius 3 is 2.74 bits per heavy atom. The van der Waals surface area contributed by atoms with E-state index in [0.717, 1.165) is 16.5 Å². The first-order valence-electron chi connectivity index (χ1n) is 11.1. The van der Waals surface area contributed by atoms with Crippen LogP contribution in [0.2, 0.25) is 0 Å². The number of pyridine rings is 1. The molecule has 0 spiro atoms. The van der Waals surface area contributed by atoms with Gasteiger partial charge in [0.15, 0.2) is 5.76 Å². The topological polar surface area (TPSA) is 93.7 Å². The first kappa shape index (κ1) is 21.8. The number of aryl methyl sites for hydroxylation is 1. The van der Waals surface area contributed by atoms with Crippen LogP contribution in [0.4, 0.5) is 0 Å².